The lowest BCUT2D eigenvalue weighted by molar-refractivity contribution is -0.132. The predicted octanol–water partition coefficient (Wildman–Crippen LogP) is 2.10. The number of benzene rings is 1. The number of nitrogens with one attached hydrogen (secondary N) is 2. The van der Waals surface area contributed by atoms with Crippen molar-refractivity contribution in [2.45, 2.75) is 13.3 Å². The summed E-state index contributed by atoms with van der Waals surface area (Å²) in [4.78, 5) is 28.8. The van der Waals surface area contributed by atoms with E-state index in [-0.39, 0.29) is 24.8 Å². The van der Waals surface area contributed by atoms with Gasteiger partial charge in [-0.15, -0.1) is 0 Å². The molecule has 2 aromatic heterocycles. The normalized spacial score (nSPS) is 10.8. The number of likely N-dealkylation sites (N-methyl/N-ethyl adjacent to an activating group) is 1. The summed E-state index contributed by atoms with van der Waals surface area (Å²) in [6, 6.07) is 9.41. The van der Waals surface area contributed by atoms with Gasteiger partial charge in [0.25, 0.3) is 0 Å². The Balaban J connectivity index is 1.59. The molecule has 2 N–H and O–H groups in total. The van der Waals surface area contributed by atoms with Gasteiger partial charge in [-0.3, -0.25) is 9.59 Å². The number of amides is 2. The third kappa shape index (κ3) is 3.45. The second-order valence-electron chi connectivity index (χ2n) is 5.66. The second-order valence-corrected chi connectivity index (χ2v) is 5.66. The van der Waals surface area contributed by atoms with Gasteiger partial charge in [-0.05, 0) is 18.6 Å². The molecule has 1 aromatic carbocycles. The van der Waals surface area contributed by atoms with Crippen LogP contribution >= 0.6 is 0 Å². The fourth-order valence-electron chi connectivity index (χ4n) is 2.49. The Morgan fingerprint density at radius 3 is 2.88 bits per heavy atom. The average Bonchev–Trinajstić information content (AvgIpc) is 3.14. The lowest BCUT2D eigenvalue weighted by Crippen LogP contribution is -2.35. The number of aromatic nitrogens is 2. The van der Waals surface area contributed by atoms with Crippen LogP contribution in [0.25, 0.3) is 10.9 Å². The molecular weight excluding hydrogens is 308 g/mol. The third-order valence-corrected chi connectivity index (χ3v) is 3.72. The van der Waals surface area contributed by atoms with E-state index in [0.717, 1.165) is 16.5 Å². The van der Waals surface area contributed by atoms with Gasteiger partial charge in [0.15, 0.2) is 5.82 Å². The van der Waals surface area contributed by atoms with Crippen LogP contribution in [0.3, 0.4) is 0 Å². The second kappa shape index (κ2) is 6.57. The van der Waals surface area contributed by atoms with Gasteiger partial charge in [0.05, 0.1) is 13.0 Å². The van der Waals surface area contributed by atoms with E-state index in [1.807, 2.05) is 30.5 Å². The number of fused-ring (bicyclic) bond motifs is 1. The van der Waals surface area contributed by atoms with Crippen LogP contribution in [0.15, 0.2) is 41.1 Å². The molecule has 0 atom stereocenters. The molecule has 2 amide bonds. The Labute approximate surface area is 138 Å². The summed E-state index contributed by atoms with van der Waals surface area (Å²) < 4.78 is 4.88. The molecule has 0 aliphatic heterocycles. The molecule has 0 saturated carbocycles. The number of hydrogen-bond donors (Lipinski definition) is 2. The van der Waals surface area contributed by atoms with Gasteiger partial charge in [-0.2, -0.15) is 0 Å². The molecule has 0 spiro atoms. The van der Waals surface area contributed by atoms with Gasteiger partial charge in [-0.25, -0.2) is 0 Å². The highest BCUT2D eigenvalue weighted by molar-refractivity contribution is 5.95. The van der Waals surface area contributed by atoms with E-state index >= 15 is 0 Å². The molecule has 0 aliphatic carbocycles. The Kier molecular flexibility index (Phi) is 4.33. The minimum atomic E-state index is -0.321. The SMILES string of the molecule is Cc1cc(NC(=O)CN(C)C(=O)Cc2c[nH]c3ccccc23)no1. The zero-order valence-electron chi connectivity index (χ0n) is 13.5. The maximum absolute atomic E-state index is 12.3. The lowest BCUT2D eigenvalue weighted by atomic mass is 10.1. The Bertz CT molecular complexity index is 881. The van der Waals surface area contributed by atoms with Crippen LogP contribution in [0, 0.1) is 6.92 Å². The van der Waals surface area contributed by atoms with E-state index in [4.69, 9.17) is 4.52 Å². The number of para-hydroxylation sites is 1. The number of nitrogens with zero attached hydrogens (tertiary/aromatic N) is 2. The maximum Gasteiger partial charge on any atom is 0.245 e. The number of aryl methyl sites for hydroxylation is 1. The number of anilines is 1. The number of aromatic amines is 1. The van der Waals surface area contributed by atoms with Gasteiger partial charge >= 0.3 is 0 Å². The smallest absolute Gasteiger partial charge is 0.245 e. The van der Waals surface area contributed by atoms with E-state index in [1.54, 1.807) is 20.0 Å². The number of rotatable bonds is 5. The van der Waals surface area contributed by atoms with Crippen LogP contribution in [0.2, 0.25) is 0 Å². The molecule has 2 heterocycles. The lowest BCUT2D eigenvalue weighted by Gasteiger charge is -2.16. The number of hydrogen-bond acceptors (Lipinski definition) is 4. The summed E-state index contributed by atoms with van der Waals surface area (Å²) >= 11 is 0. The highest BCUT2D eigenvalue weighted by Gasteiger charge is 2.16. The van der Waals surface area contributed by atoms with Crippen LogP contribution in [0.5, 0.6) is 0 Å². The molecular formula is C17H18N4O3. The Morgan fingerprint density at radius 1 is 1.33 bits per heavy atom. The van der Waals surface area contributed by atoms with Crippen LogP contribution < -0.4 is 5.32 Å². The molecule has 0 unspecified atom stereocenters. The summed E-state index contributed by atoms with van der Waals surface area (Å²) in [5.41, 5.74) is 1.90. The monoisotopic (exact) mass is 326 g/mol. The van der Waals surface area contributed by atoms with Crippen molar-refractivity contribution in [1.29, 1.82) is 0 Å². The molecule has 0 fully saturated rings. The largest absolute Gasteiger partial charge is 0.361 e. The van der Waals surface area contributed by atoms with Gasteiger partial charge in [0, 0.05) is 30.2 Å². The molecule has 0 radical (unpaired) electrons. The summed E-state index contributed by atoms with van der Waals surface area (Å²) in [6.07, 6.45) is 2.06. The first-order valence-electron chi connectivity index (χ1n) is 7.55. The standard InChI is InChI=1S/C17H18N4O3/c1-11-7-15(20-24-11)19-16(22)10-21(2)17(23)8-12-9-18-14-6-4-3-5-13(12)14/h3-7,9,18H,8,10H2,1-2H3,(H,19,20,22). The quantitative estimate of drug-likeness (QED) is 0.751. The Hall–Kier alpha value is -3.09. The van der Waals surface area contributed by atoms with E-state index in [0.29, 0.717) is 11.6 Å². The van der Waals surface area contributed by atoms with Crippen molar-refractivity contribution in [3.63, 3.8) is 0 Å². The first-order valence-corrected chi connectivity index (χ1v) is 7.55. The minimum Gasteiger partial charge on any atom is -0.361 e. The van der Waals surface area contributed by atoms with Gasteiger partial charge in [0.1, 0.15) is 5.76 Å². The maximum atomic E-state index is 12.3. The van der Waals surface area contributed by atoms with E-state index in [9.17, 15) is 9.59 Å². The number of carbonyl (C=O) groups is 2. The van der Waals surface area contributed by atoms with Crippen molar-refractivity contribution in [1.82, 2.24) is 15.0 Å². The minimum absolute atomic E-state index is 0.0485. The average molecular weight is 326 g/mol. The zero-order chi connectivity index (χ0) is 17.1. The van der Waals surface area contributed by atoms with Crippen LogP contribution in [0.4, 0.5) is 5.82 Å². The van der Waals surface area contributed by atoms with Crippen LogP contribution in [0.1, 0.15) is 11.3 Å². The first-order chi connectivity index (χ1) is 11.5. The molecule has 124 valence electrons. The van der Waals surface area contributed by atoms with Gasteiger partial charge in [0.2, 0.25) is 11.8 Å². The van der Waals surface area contributed by atoms with E-state index < -0.39 is 0 Å². The zero-order valence-corrected chi connectivity index (χ0v) is 13.5. The van der Waals surface area contributed by atoms with Gasteiger partial charge in [-0.1, -0.05) is 23.4 Å². The highest BCUT2D eigenvalue weighted by atomic mass is 16.5. The van der Waals surface area contributed by atoms with E-state index in [1.165, 1.54) is 4.90 Å². The molecule has 7 heteroatoms. The summed E-state index contributed by atoms with van der Waals surface area (Å²) in [7, 11) is 1.60. The number of carbonyl (C=O) groups excluding carboxylic acids is 2. The summed E-state index contributed by atoms with van der Waals surface area (Å²) in [5.74, 6) is 0.494. The van der Waals surface area contributed by atoms with Gasteiger partial charge < -0.3 is 19.7 Å². The summed E-state index contributed by atoms with van der Waals surface area (Å²) in [6.45, 7) is 1.69. The molecule has 0 aliphatic rings. The molecule has 7 nitrogen and oxygen atoms in total. The van der Waals surface area contributed by atoms with Crippen molar-refractivity contribution in [2.75, 3.05) is 18.9 Å². The Morgan fingerprint density at radius 2 is 2.12 bits per heavy atom. The molecule has 3 aromatic rings. The van der Waals surface area contributed by atoms with Crippen molar-refractivity contribution < 1.29 is 14.1 Å². The highest BCUT2D eigenvalue weighted by Crippen LogP contribution is 2.18. The van der Waals surface area contributed by atoms with Crippen molar-refractivity contribution in [2.24, 2.45) is 0 Å². The molecule has 0 bridgehead atoms. The summed E-state index contributed by atoms with van der Waals surface area (Å²) in [5, 5.41) is 7.30. The van der Waals surface area contributed by atoms with E-state index in [2.05, 4.69) is 15.5 Å². The van der Waals surface area contributed by atoms with Crippen LogP contribution in [-0.4, -0.2) is 40.4 Å². The fourth-order valence-corrected chi connectivity index (χ4v) is 2.49. The van der Waals surface area contributed by atoms with Crippen molar-refractivity contribution in [3.05, 3.63) is 47.9 Å². The fraction of sp³-hybridized carbons (Fsp3) is 0.235. The topological polar surface area (TPSA) is 91.2 Å². The molecule has 3 rings (SSSR count). The van der Waals surface area contributed by atoms with Crippen molar-refractivity contribution >= 4 is 28.5 Å². The molecule has 24 heavy (non-hydrogen) atoms. The number of H-pyrrole nitrogens is 1. The molecule has 0 saturated heterocycles. The van der Waals surface area contributed by atoms with Crippen molar-refractivity contribution in [3.8, 4) is 0 Å². The predicted molar refractivity (Wildman–Crippen MR) is 89.5 cm³/mol. The third-order valence-electron chi connectivity index (χ3n) is 3.72. The first kappa shape index (κ1) is 15.8. The van der Waals surface area contributed by atoms with Crippen LogP contribution in [-0.2, 0) is 16.0 Å².